The Labute approximate surface area is 126 Å². The van der Waals surface area contributed by atoms with Gasteiger partial charge in [0.25, 0.3) is 0 Å². The Morgan fingerprint density at radius 2 is 2.19 bits per heavy atom. The third-order valence-corrected chi connectivity index (χ3v) is 4.19. The zero-order valence-electron chi connectivity index (χ0n) is 12.8. The van der Waals surface area contributed by atoms with E-state index in [1.165, 1.54) is 12.0 Å². The van der Waals surface area contributed by atoms with Gasteiger partial charge < -0.3 is 4.74 Å². The van der Waals surface area contributed by atoms with Gasteiger partial charge in [-0.15, -0.1) is 0 Å². The maximum Gasteiger partial charge on any atom is 0.241 e. The van der Waals surface area contributed by atoms with Crippen molar-refractivity contribution in [3.8, 4) is 0 Å². The lowest BCUT2D eigenvalue weighted by Crippen LogP contribution is -2.33. The molecule has 5 nitrogen and oxygen atoms in total. The van der Waals surface area contributed by atoms with Crippen LogP contribution >= 0.6 is 0 Å². The Bertz CT molecular complexity index is 461. The number of methoxy groups -OCH3 is 1. The van der Waals surface area contributed by atoms with E-state index in [4.69, 9.17) is 10.6 Å². The van der Waals surface area contributed by atoms with Crippen molar-refractivity contribution < 1.29 is 9.53 Å². The summed E-state index contributed by atoms with van der Waals surface area (Å²) in [5, 5.41) is 0. The van der Waals surface area contributed by atoms with Gasteiger partial charge in [0.15, 0.2) is 0 Å². The maximum absolute atomic E-state index is 11.5. The van der Waals surface area contributed by atoms with E-state index in [1.54, 1.807) is 7.11 Å². The first-order chi connectivity index (χ1) is 10.1. The predicted molar refractivity (Wildman–Crippen MR) is 82.4 cm³/mol. The number of ether oxygens (including phenoxy) is 1. The zero-order valence-corrected chi connectivity index (χ0v) is 12.8. The highest BCUT2D eigenvalue weighted by Crippen LogP contribution is 2.20. The second-order valence-corrected chi connectivity index (χ2v) is 5.82. The van der Waals surface area contributed by atoms with Crippen LogP contribution in [0.1, 0.15) is 30.4 Å². The van der Waals surface area contributed by atoms with Gasteiger partial charge in [0.05, 0.1) is 12.5 Å². The molecule has 1 saturated heterocycles. The van der Waals surface area contributed by atoms with E-state index in [0.29, 0.717) is 5.92 Å². The van der Waals surface area contributed by atoms with Crippen LogP contribution in [0.25, 0.3) is 0 Å². The summed E-state index contributed by atoms with van der Waals surface area (Å²) in [6, 6.07) is 8.22. The Hall–Kier alpha value is -1.43. The number of likely N-dealkylation sites (tertiary alicyclic amines) is 1. The predicted octanol–water partition coefficient (Wildman–Crippen LogP) is 1.25. The molecule has 21 heavy (non-hydrogen) atoms. The fourth-order valence-electron chi connectivity index (χ4n) is 2.87. The third kappa shape index (κ3) is 4.27. The van der Waals surface area contributed by atoms with Crippen LogP contribution in [0.5, 0.6) is 0 Å². The fraction of sp³-hybridized carbons (Fsp3) is 0.562. The largest absolute Gasteiger partial charge is 0.384 e. The lowest BCUT2D eigenvalue weighted by atomic mass is 9.99. The van der Waals surface area contributed by atoms with Gasteiger partial charge in [-0.2, -0.15) is 0 Å². The minimum atomic E-state index is -0.220. The van der Waals surface area contributed by atoms with E-state index in [-0.39, 0.29) is 11.8 Å². The number of nitrogens with one attached hydrogen (secondary N) is 1. The number of nitrogens with zero attached hydrogens (tertiary/aromatic N) is 1. The molecule has 1 heterocycles. The van der Waals surface area contributed by atoms with E-state index in [1.807, 2.05) is 19.1 Å². The number of rotatable bonds is 6. The van der Waals surface area contributed by atoms with Gasteiger partial charge >= 0.3 is 0 Å². The number of amides is 1. The van der Waals surface area contributed by atoms with Gasteiger partial charge in [0.2, 0.25) is 5.91 Å². The lowest BCUT2D eigenvalue weighted by molar-refractivity contribution is -0.122. The number of carbonyl (C=O) groups is 1. The number of carbonyl (C=O) groups excluding carboxylic acids is 1. The standard InChI is InChI=1S/C16H25N3O2/c1-12(16(20)18-17)15-5-3-13(4-6-15)9-19-8-7-14(10-19)11-21-2/h3-6,12,14H,7-11,17H2,1-2H3,(H,18,20). The average Bonchev–Trinajstić information content (AvgIpc) is 2.94. The topological polar surface area (TPSA) is 67.6 Å². The molecule has 3 N–H and O–H groups in total. The maximum atomic E-state index is 11.5. The van der Waals surface area contributed by atoms with Crippen LogP contribution in [0, 0.1) is 5.92 Å². The summed E-state index contributed by atoms with van der Waals surface area (Å²) in [4.78, 5) is 14.0. The SMILES string of the molecule is COCC1CCN(Cc2ccc(C(C)C(=O)NN)cc2)C1. The summed E-state index contributed by atoms with van der Waals surface area (Å²) in [5.41, 5.74) is 4.46. The van der Waals surface area contributed by atoms with Crippen molar-refractivity contribution in [1.29, 1.82) is 0 Å². The number of nitrogens with two attached hydrogens (primary N) is 1. The van der Waals surface area contributed by atoms with Crippen molar-refractivity contribution >= 4 is 5.91 Å². The molecule has 0 aliphatic carbocycles. The summed E-state index contributed by atoms with van der Waals surface area (Å²) in [6.07, 6.45) is 1.21. The molecule has 2 atom stereocenters. The Balaban J connectivity index is 1.90. The summed E-state index contributed by atoms with van der Waals surface area (Å²) >= 11 is 0. The first-order valence-corrected chi connectivity index (χ1v) is 7.44. The van der Waals surface area contributed by atoms with E-state index in [9.17, 15) is 4.79 Å². The van der Waals surface area contributed by atoms with E-state index in [0.717, 1.165) is 31.8 Å². The molecule has 1 aromatic rings. The van der Waals surface area contributed by atoms with Gasteiger partial charge in [-0.05, 0) is 36.9 Å². The van der Waals surface area contributed by atoms with Gasteiger partial charge in [-0.1, -0.05) is 24.3 Å². The van der Waals surface area contributed by atoms with Crippen LogP contribution in [0.3, 0.4) is 0 Å². The minimum Gasteiger partial charge on any atom is -0.384 e. The smallest absolute Gasteiger partial charge is 0.241 e. The van der Waals surface area contributed by atoms with Crippen molar-refractivity contribution in [1.82, 2.24) is 10.3 Å². The monoisotopic (exact) mass is 291 g/mol. The molecule has 1 fully saturated rings. The van der Waals surface area contributed by atoms with Crippen LogP contribution in [0.2, 0.25) is 0 Å². The second kappa shape index (κ2) is 7.54. The van der Waals surface area contributed by atoms with Gasteiger partial charge in [0, 0.05) is 20.2 Å². The summed E-state index contributed by atoms with van der Waals surface area (Å²) in [7, 11) is 1.76. The van der Waals surface area contributed by atoms with Gasteiger partial charge in [0.1, 0.15) is 0 Å². The molecule has 1 aliphatic rings. The van der Waals surface area contributed by atoms with Gasteiger partial charge in [-0.3, -0.25) is 15.1 Å². The average molecular weight is 291 g/mol. The van der Waals surface area contributed by atoms with Crippen LogP contribution in [-0.4, -0.2) is 37.6 Å². The van der Waals surface area contributed by atoms with Gasteiger partial charge in [-0.25, -0.2) is 5.84 Å². The van der Waals surface area contributed by atoms with Crippen molar-refractivity contribution in [3.05, 3.63) is 35.4 Å². The number of hydrogen-bond acceptors (Lipinski definition) is 4. The molecule has 1 aromatic carbocycles. The molecule has 0 aromatic heterocycles. The van der Waals surface area contributed by atoms with Crippen LogP contribution in [0.4, 0.5) is 0 Å². The second-order valence-electron chi connectivity index (χ2n) is 5.82. The molecule has 2 rings (SSSR count). The van der Waals surface area contributed by atoms with Crippen LogP contribution < -0.4 is 11.3 Å². The van der Waals surface area contributed by atoms with Crippen LogP contribution in [0.15, 0.2) is 24.3 Å². The van der Waals surface area contributed by atoms with E-state index >= 15 is 0 Å². The molecular formula is C16H25N3O2. The minimum absolute atomic E-state index is 0.162. The Kier molecular flexibility index (Phi) is 5.73. The van der Waals surface area contributed by atoms with Crippen molar-refractivity contribution in [3.63, 3.8) is 0 Å². The number of benzene rings is 1. The molecule has 2 unspecified atom stereocenters. The molecule has 0 radical (unpaired) electrons. The van der Waals surface area contributed by atoms with Crippen molar-refractivity contribution in [2.75, 3.05) is 26.8 Å². The Morgan fingerprint density at radius 3 is 2.81 bits per heavy atom. The number of hydrazine groups is 1. The molecule has 1 aliphatic heterocycles. The summed E-state index contributed by atoms with van der Waals surface area (Å²) in [5.74, 6) is 5.44. The highest BCUT2D eigenvalue weighted by Gasteiger charge is 2.22. The van der Waals surface area contributed by atoms with E-state index < -0.39 is 0 Å². The molecular weight excluding hydrogens is 266 g/mol. The highest BCUT2D eigenvalue weighted by atomic mass is 16.5. The summed E-state index contributed by atoms with van der Waals surface area (Å²) < 4.78 is 5.22. The molecule has 0 bridgehead atoms. The van der Waals surface area contributed by atoms with E-state index in [2.05, 4.69) is 22.5 Å². The highest BCUT2D eigenvalue weighted by molar-refractivity contribution is 5.82. The quantitative estimate of drug-likeness (QED) is 0.470. The molecule has 0 spiro atoms. The van der Waals surface area contributed by atoms with Crippen LogP contribution in [-0.2, 0) is 16.1 Å². The Morgan fingerprint density at radius 1 is 1.48 bits per heavy atom. The van der Waals surface area contributed by atoms with Crippen molar-refractivity contribution in [2.24, 2.45) is 11.8 Å². The molecule has 0 saturated carbocycles. The van der Waals surface area contributed by atoms with Crippen molar-refractivity contribution in [2.45, 2.75) is 25.8 Å². The zero-order chi connectivity index (χ0) is 15.2. The molecule has 5 heteroatoms. The number of hydrogen-bond donors (Lipinski definition) is 2. The first-order valence-electron chi connectivity index (χ1n) is 7.44. The first kappa shape index (κ1) is 15.9. The molecule has 1 amide bonds. The third-order valence-electron chi connectivity index (χ3n) is 4.19. The fourth-order valence-corrected chi connectivity index (χ4v) is 2.87. The lowest BCUT2D eigenvalue weighted by Gasteiger charge is -2.17. The normalized spacial score (nSPS) is 20.4. The summed E-state index contributed by atoms with van der Waals surface area (Å²) in [6.45, 7) is 5.88. The molecule has 116 valence electrons.